The first kappa shape index (κ1) is 16.5. The molecule has 0 amide bonds. The van der Waals surface area contributed by atoms with Gasteiger partial charge in [-0.2, -0.15) is 0 Å². The molecule has 0 spiro atoms. The fraction of sp³-hybridized carbons (Fsp3) is 0.333. The Balaban J connectivity index is 1.54. The second-order valence-corrected chi connectivity index (χ2v) is 6.93. The number of furan rings is 1. The molecule has 0 aliphatic carbocycles. The lowest BCUT2D eigenvalue weighted by molar-refractivity contribution is 0.534. The average molecular weight is 342 g/mol. The Hall–Kier alpha value is -2.34. The van der Waals surface area contributed by atoms with Crippen LogP contribution in [0.4, 0.5) is 0 Å². The van der Waals surface area contributed by atoms with Crippen molar-refractivity contribution in [3.8, 4) is 0 Å². The first-order valence-corrected chi connectivity index (χ1v) is 8.82. The van der Waals surface area contributed by atoms with Gasteiger partial charge in [-0.1, -0.05) is 18.2 Å². The molecule has 0 radical (unpaired) electrons. The third kappa shape index (κ3) is 3.76. The standard InChI is InChI=1S/C18H22N4OS/c1-12-10-21-17(24-12)8-9-20-18(19-3)22-11-16-13(2)14-6-4-5-7-15(14)23-16/h4-7,10H,8-9,11H2,1-3H3,(H2,19,20,22). The number of nitrogens with zero attached hydrogens (tertiary/aromatic N) is 2. The van der Waals surface area contributed by atoms with Gasteiger partial charge in [0.1, 0.15) is 11.3 Å². The van der Waals surface area contributed by atoms with Gasteiger partial charge in [0.05, 0.1) is 11.6 Å². The second-order valence-electron chi connectivity index (χ2n) is 5.61. The number of hydrogen-bond acceptors (Lipinski definition) is 4. The van der Waals surface area contributed by atoms with Gasteiger partial charge in [0.2, 0.25) is 0 Å². The minimum atomic E-state index is 0.608. The summed E-state index contributed by atoms with van der Waals surface area (Å²) in [7, 11) is 1.77. The van der Waals surface area contributed by atoms with Gasteiger partial charge in [-0.05, 0) is 19.9 Å². The summed E-state index contributed by atoms with van der Waals surface area (Å²) in [5.41, 5.74) is 2.10. The highest BCUT2D eigenvalue weighted by atomic mass is 32.1. The number of guanidine groups is 1. The smallest absolute Gasteiger partial charge is 0.191 e. The lowest BCUT2D eigenvalue weighted by Gasteiger charge is -2.10. The molecule has 0 unspecified atom stereocenters. The van der Waals surface area contributed by atoms with Crippen LogP contribution in [0.15, 0.2) is 39.9 Å². The van der Waals surface area contributed by atoms with Crippen LogP contribution in [0.1, 0.15) is 21.2 Å². The molecule has 2 heterocycles. The van der Waals surface area contributed by atoms with E-state index in [0.29, 0.717) is 6.54 Å². The zero-order valence-electron chi connectivity index (χ0n) is 14.2. The number of thiazole rings is 1. The van der Waals surface area contributed by atoms with Crippen molar-refractivity contribution in [2.24, 2.45) is 4.99 Å². The van der Waals surface area contributed by atoms with Gasteiger partial charge >= 0.3 is 0 Å². The van der Waals surface area contributed by atoms with E-state index >= 15 is 0 Å². The van der Waals surface area contributed by atoms with Crippen LogP contribution < -0.4 is 10.6 Å². The Labute approximate surface area is 145 Å². The van der Waals surface area contributed by atoms with E-state index in [2.05, 4.69) is 40.5 Å². The zero-order valence-corrected chi connectivity index (χ0v) is 15.0. The summed E-state index contributed by atoms with van der Waals surface area (Å²) in [6, 6.07) is 8.10. The molecule has 3 rings (SSSR count). The van der Waals surface area contributed by atoms with Gasteiger partial charge in [-0.25, -0.2) is 4.98 Å². The average Bonchev–Trinajstić information content (AvgIpc) is 3.15. The quantitative estimate of drug-likeness (QED) is 0.551. The van der Waals surface area contributed by atoms with Gasteiger partial charge in [-0.3, -0.25) is 4.99 Å². The van der Waals surface area contributed by atoms with E-state index in [1.165, 1.54) is 10.4 Å². The Morgan fingerprint density at radius 1 is 1.25 bits per heavy atom. The monoisotopic (exact) mass is 342 g/mol. The molecule has 0 aliphatic rings. The predicted molar refractivity (Wildman–Crippen MR) is 99.7 cm³/mol. The van der Waals surface area contributed by atoms with Crippen LogP contribution in [0, 0.1) is 13.8 Å². The summed E-state index contributed by atoms with van der Waals surface area (Å²) in [4.78, 5) is 9.87. The van der Waals surface area contributed by atoms with E-state index in [1.807, 2.05) is 24.4 Å². The van der Waals surface area contributed by atoms with E-state index in [9.17, 15) is 0 Å². The Morgan fingerprint density at radius 2 is 2.08 bits per heavy atom. The summed E-state index contributed by atoms with van der Waals surface area (Å²) in [6.07, 6.45) is 2.81. The highest BCUT2D eigenvalue weighted by Crippen LogP contribution is 2.24. The number of rotatable bonds is 5. The number of aromatic nitrogens is 1. The molecule has 0 atom stereocenters. The van der Waals surface area contributed by atoms with Gasteiger partial charge < -0.3 is 15.1 Å². The summed E-state index contributed by atoms with van der Waals surface area (Å²) in [5, 5.41) is 8.93. The van der Waals surface area contributed by atoms with Crippen LogP contribution >= 0.6 is 11.3 Å². The fourth-order valence-corrected chi connectivity index (χ4v) is 3.37. The second kappa shape index (κ2) is 7.49. The van der Waals surface area contributed by atoms with Crippen LogP contribution in [-0.4, -0.2) is 24.5 Å². The molecular formula is C18H22N4OS. The number of hydrogen-bond donors (Lipinski definition) is 2. The third-order valence-corrected chi connectivity index (χ3v) is 4.86. The molecule has 2 aromatic heterocycles. The first-order chi connectivity index (χ1) is 11.7. The lowest BCUT2D eigenvalue weighted by Crippen LogP contribution is -2.37. The minimum Gasteiger partial charge on any atom is -0.459 e. The highest BCUT2D eigenvalue weighted by molar-refractivity contribution is 7.11. The van der Waals surface area contributed by atoms with Crippen molar-refractivity contribution in [2.75, 3.05) is 13.6 Å². The van der Waals surface area contributed by atoms with E-state index in [0.717, 1.165) is 40.7 Å². The molecule has 5 nitrogen and oxygen atoms in total. The van der Waals surface area contributed by atoms with Crippen molar-refractivity contribution in [1.29, 1.82) is 0 Å². The van der Waals surface area contributed by atoms with Gasteiger partial charge in [-0.15, -0.1) is 11.3 Å². The largest absolute Gasteiger partial charge is 0.459 e. The highest BCUT2D eigenvalue weighted by Gasteiger charge is 2.10. The number of aliphatic imine (C=N–C) groups is 1. The van der Waals surface area contributed by atoms with E-state index in [-0.39, 0.29) is 0 Å². The maximum atomic E-state index is 5.92. The summed E-state index contributed by atoms with van der Waals surface area (Å²) in [5.74, 6) is 1.71. The van der Waals surface area contributed by atoms with E-state index in [4.69, 9.17) is 4.42 Å². The Kier molecular flexibility index (Phi) is 5.15. The number of nitrogens with one attached hydrogen (secondary N) is 2. The van der Waals surface area contributed by atoms with Crippen molar-refractivity contribution in [3.05, 3.63) is 51.7 Å². The maximum Gasteiger partial charge on any atom is 0.191 e. The minimum absolute atomic E-state index is 0.608. The molecule has 0 aliphatic heterocycles. The number of aryl methyl sites for hydroxylation is 2. The molecule has 126 valence electrons. The molecular weight excluding hydrogens is 320 g/mol. The summed E-state index contributed by atoms with van der Waals surface area (Å²) in [6.45, 7) is 5.57. The number of fused-ring (bicyclic) bond motifs is 1. The van der Waals surface area contributed by atoms with Gasteiger partial charge in [0.25, 0.3) is 0 Å². The molecule has 24 heavy (non-hydrogen) atoms. The van der Waals surface area contributed by atoms with Crippen molar-refractivity contribution in [1.82, 2.24) is 15.6 Å². The number of para-hydroxylation sites is 1. The molecule has 1 aromatic carbocycles. The summed E-state index contributed by atoms with van der Waals surface area (Å²) >= 11 is 1.74. The zero-order chi connectivity index (χ0) is 16.9. The molecule has 3 aromatic rings. The molecule has 0 bridgehead atoms. The van der Waals surface area contributed by atoms with Crippen LogP contribution in [0.3, 0.4) is 0 Å². The van der Waals surface area contributed by atoms with E-state index in [1.54, 1.807) is 18.4 Å². The van der Waals surface area contributed by atoms with Crippen molar-refractivity contribution < 1.29 is 4.42 Å². The lowest BCUT2D eigenvalue weighted by atomic mass is 10.1. The van der Waals surface area contributed by atoms with Crippen LogP contribution in [0.25, 0.3) is 11.0 Å². The molecule has 0 saturated carbocycles. The first-order valence-electron chi connectivity index (χ1n) is 8.00. The van der Waals surface area contributed by atoms with E-state index < -0.39 is 0 Å². The molecule has 0 saturated heterocycles. The van der Waals surface area contributed by atoms with Gasteiger partial charge in [0, 0.05) is 42.0 Å². The van der Waals surface area contributed by atoms with Crippen molar-refractivity contribution in [2.45, 2.75) is 26.8 Å². The number of benzene rings is 1. The van der Waals surface area contributed by atoms with Crippen molar-refractivity contribution in [3.63, 3.8) is 0 Å². The van der Waals surface area contributed by atoms with Crippen molar-refractivity contribution >= 4 is 28.3 Å². The maximum absolute atomic E-state index is 5.92. The topological polar surface area (TPSA) is 62.5 Å². The van der Waals surface area contributed by atoms with Crippen LogP contribution in [0.2, 0.25) is 0 Å². The fourth-order valence-electron chi connectivity index (χ4n) is 2.58. The Bertz CT molecular complexity index is 850. The molecule has 6 heteroatoms. The molecule has 2 N–H and O–H groups in total. The van der Waals surface area contributed by atoms with Crippen LogP contribution in [0.5, 0.6) is 0 Å². The Morgan fingerprint density at radius 3 is 2.79 bits per heavy atom. The molecule has 0 fully saturated rings. The van der Waals surface area contributed by atoms with Gasteiger partial charge in [0.15, 0.2) is 5.96 Å². The third-order valence-electron chi connectivity index (χ3n) is 3.88. The normalized spacial score (nSPS) is 11.9. The summed E-state index contributed by atoms with van der Waals surface area (Å²) < 4.78 is 5.92. The van der Waals surface area contributed by atoms with Crippen LogP contribution in [-0.2, 0) is 13.0 Å². The predicted octanol–water partition coefficient (Wildman–Crippen LogP) is 3.41. The SMILES string of the molecule is CN=C(NCCc1ncc(C)s1)NCc1oc2ccccc2c1C.